The van der Waals surface area contributed by atoms with Crippen molar-refractivity contribution in [1.82, 2.24) is 4.98 Å². The first-order chi connectivity index (χ1) is 7.75. The van der Waals surface area contributed by atoms with E-state index in [1.165, 1.54) is 21.8 Å². The van der Waals surface area contributed by atoms with Crippen LogP contribution in [0.15, 0.2) is 29.8 Å². The van der Waals surface area contributed by atoms with Crippen LogP contribution in [0.3, 0.4) is 0 Å². The summed E-state index contributed by atoms with van der Waals surface area (Å²) in [4.78, 5) is 4.26. The Morgan fingerprint density at radius 2 is 2.12 bits per heavy atom. The first kappa shape index (κ1) is 11.1. The van der Waals surface area contributed by atoms with Gasteiger partial charge in [0.2, 0.25) is 0 Å². The van der Waals surface area contributed by atoms with E-state index in [1.54, 1.807) is 11.3 Å². The topological polar surface area (TPSA) is 24.9 Å². The maximum Gasteiger partial charge on any atom is 0.0942 e. The fourth-order valence-corrected chi connectivity index (χ4v) is 2.16. The molecule has 2 rings (SSSR count). The maximum atomic E-state index is 4.26. The first-order valence-electron chi connectivity index (χ1n) is 5.45. The molecule has 3 heteroatoms. The smallest absolute Gasteiger partial charge is 0.0942 e. The Bertz CT molecular complexity index is 449. The third-order valence-electron chi connectivity index (χ3n) is 2.66. The molecule has 0 bridgehead atoms. The van der Waals surface area contributed by atoms with Crippen molar-refractivity contribution >= 4 is 17.0 Å². The van der Waals surface area contributed by atoms with E-state index >= 15 is 0 Å². The standard InChI is InChI=1S/C13H16N2S/c1-10-3-4-12(9-11(10)2)14-6-5-13-15-7-8-16-13/h3-4,7-9,14H,5-6H2,1-2H3. The summed E-state index contributed by atoms with van der Waals surface area (Å²) in [6.07, 6.45) is 2.85. The molecule has 0 atom stereocenters. The summed E-state index contributed by atoms with van der Waals surface area (Å²) < 4.78 is 0. The second kappa shape index (κ2) is 5.12. The molecule has 0 saturated carbocycles. The van der Waals surface area contributed by atoms with Gasteiger partial charge in [-0.15, -0.1) is 11.3 Å². The number of aromatic nitrogens is 1. The highest BCUT2D eigenvalue weighted by Gasteiger charge is 1.97. The molecule has 0 aliphatic rings. The number of nitrogens with zero attached hydrogens (tertiary/aromatic N) is 1. The minimum Gasteiger partial charge on any atom is -0.385 e. The average Bonchev–Trinajstić information content (AvgIpc) is 2.76. The molecule has 2 aromatic rings. The second-order valence-electron chi connectivity index (χ2n) is 3.90. The third kappa shape index (κ3) is 2.83. The lowest BCUT2D eigenvalue weighted by molar-refractivity contribution is 0.997. The summed E-state index contributed by atoms with van der Waals surface area (Å²) in [5.41, 5.74) is 3.87. The van der Waals surface area contributed by atoms with Gasteiger partial charge in [-0.05, 0) is 37.1 Å². The highest BCUT2D eigenvalue weighted by Crippen LogP contribution is 2.14. The van der Waals surface area contributed by atoms with Gasteiger partial charge >= 0.3 is 0 Å². The molecule has 1 heterocycles. The highest BCUT2D eigenvalue weighted by atomic mass is 32.1. The zero-order chi connectivity index (χ0) is 11.4. The molecule has 1 aromatic carbocycles. The van der Waals surface area contributed by atoms with Gasteiger partial charge in [0.25, 0.3) is 0 Å². The van der Waals surface area contributed by atoms with Gasteiger partial charge in [0.1, 0.15) is 0 Å². The SMILES string of the molecule is Cc1ccc(NCCc2nccs2)cc1C. The minimum atomic E-state index is 0.940. The van der Waals surface area contributed by atoms with Crippen LogP contribution in [0.2, 0.25) is 0 Å². The number of thiazole rings is 1. The van der Waals surface area contributed by atoms with Crippen molar-refractivity contribution in [1.29, 1.82) is 0 Å². The molecule has 0 unspecified atom stereocenters. The largest absolute Gasteiger partial charge is 0.385 e. The van der Waals surface area contributed by atoms with Crippen molar-refractivity contribution in [3.05, 3.63) is 45.9 Å². The Labute approximate surface area is 100 Å². The Hall–Kier alpha value is -1.35. The van der Waals surface area contributed by atoms with Crippen molar-refractivity contribution in [2.24, 2.45) is 0 Å². The predicted molar refractivity (Wildman–Crippen MR) is 70.2 cm³/mol. The van der Waals surface area contributed by atoms with Gasteiger partial charge in [-0.25, -0.2) is 4.98 Å². The van der Waals surface area contributed by atoms with Gasteiger partial charge in [0.05, 0.1) is 5.01 Å². The van der Waals surface area contributed by atoms with Crippen LogP contribution in [0.4, 0.5) is 5.69 Å². The Morgan fingerprint density at radius 3 is 2.81 bits per heavy atom. The van der Waals surface area contributed by atoms with E-state index in [9.17, 15) is 0 Å². The van der Waals surface area contributed by atoms with Crippen molar-refractivity contribution in [2.75, 3.05) is 11.9 Å². The van der Waals surface area contributed by atoms with Crippen LogP contribution in [0.5, 0.6) is 0 Å². The number of hydrogen-bond donors (Lipinski definition) is 1. The molecule has 2 nitrogen and oxygen atoms in total. The molecule has 0 radical (unpaired) electrons. The molecule has 1 N–H and O–H groups in total. The van der Waals surface area contributed by atoms with Crippen LogP contribution in [0.25, 0.3) is 0 Å². The Kier molecular flexibility index (Phi) is 3.57. The molecule has 0 amide bonds. The van der Waals surface area contributed by atoms with Gasteiger partial charge in [-0.2, -0.15) is 0 Å². The molecule has 0 aliphatic heterocycles. The third-order valence-corrected chi connectivity index (χ3v) is 3.50. The fraction of sp³-hybridized carbons (Fsp3) is 0.308. The van der Waals surface area contributed by atoms with E-state index in [4.69, 9.17) is 0 Å². The number of benzene rings is 1. The normalized spacial score (nSPS) is 10.4. The van der Waals surface area contributed by atoms with Gasteiger partial charge < -0.3 is 5.32 Å². The zero-order valence-electron chi connectivity index (χ0n) is 9.66. The molecule has 0 aliphatic carbocycles. The van der Waals surface area contributed by atoms with Crippen LogP contribution < -0.4 is 5.32 Å². The molecule has 0 fully saturated rings. The summed E-state index contributed by atoms with van der Waals surface area (Å²) in [5, 5.41) is 6.63. The van der Waals surface area contributed by atoms with Crippen molar-refractivity contribution in [2.45, 2.75) is 20.3 Å². The van der Waals surface area contributed by atoms with E-state index in [1.807, 2.05) is 11.6 Å². The fourth-order valence-electron chi connectivity index (χ4n) is 1.54. The van der Waals surface area contributed by atoms with Gasteiger partial charge in [0.15, 0.2) is 0 Å². The Morgan fingerprint density at radius 1 is 1.25 bits per heavy atom. The number of anilines is 1. The van der Waals surface area contributed by atoms with Crippen LogP contribution in [0, 0.1) is 13.8 Å². The molecule has 16 heavy (non-hydrogen) atoms. The van der Waals surface area contributed by atoms with Crippen molar-refractivity contribution < 1.29 is 0 Å². The number of nitrogens with one attached hydrogen (secondary N) is 1. The zero-order valence-corrected chi connectivity index (χ0v) is 10.5. The lowest BCUT2D eigenvalue weighted by Gasteiger charge is -2.07. The van der Waals surface area contributed by atoms with E-state index in [2.05, 4.69) is 42.3 Å². The summed E-state index contributed by atoms with van der Waals surface area (Å²) >= 11 is 1.71. The van der Waals surface area contributed by atoms with Crippen LogP contribution in [-0.2, 0) is 6.42 Å². The van der Waals surface area contributed by atoms with Crippen LogP contribution >= 0.6 is 11.3 Å². The van der Waals surface area contributed by atoms with E-state index in [0.717, 1.165) is 13.0 Å². The number of aryl methyl sites for hydroxylation is 2. The van der Waals surface area contributed by atoms with Gasteiger partial charge in [-0.1, -0.05) is 6.07 Å². The van der Waals surface area contributed by atoms with Crippen LogP contribution in [0.1, 0.15) is 16.1 Å². The summed E-state index contributed by atoms with van der Waals surface area (Å²) in [5.74, 6) is 0. The van der Waals surface area contributed by atoms with Gasteiger partial charge in [0, 0.05) is 30.2 Å². The van der Waals surface area contributed by atoms with Gasteiger partial charge in [-0.3, -0.25) is 0 Å². The van der Waals surface area contributed by atoms with Crippen LogP contribution in [-0.4, -0.2) is 11.5 Å². The number of rotatable bonds is 4. The Balaban J connectivity index is 1.87. The maximum absolute atomic E-state index is 4.26. The molecule has 0 saturated heterocycles. The van der Waals surface area contributed by atoms with E-state index in [-0.39, 0.29) is 0 Å². The lowest BCUT2D eigenvalue weighted by Crippen LogP contribution is -2.04. The summed E-state index contributed by atoms with van der Waals surface area (Å²) in [6.45, 7) is 5.21. The summed E-state index contributed by atoms with van der Waals surface area (Å²) in [6, 6.07) is 6.47. The van der Waals surface area contributed by atoms with Crippen molar-refractivity contribution in [3.8, 4) is 0 Å². The molecular formula is C13H16N2S. The van der Waals surface area contributed by atoms with E-state index < -0.39 is 0 Å². The quantitative estimate of drug-likeness (QED) is 0.873. The highest BCUT2D eigenvalue weighted by molar-refractivity contribution is 7.09. The summed E-state index contributed by atoms with van der Waals surface area (Å²) in [7, 11) is 0. The molecule has 1 aromatic heterocycles. The monoisotopic (exact) mass is 232 g/mol. The predicted octanol–water partition coefficient (Wildman–Crippen LogP) is 3.41. The molecule has 84 valence electrons. The molecular weight excluding hydrogens is 216 g/mol. The first-order valence-corrected chi connectivity index (χ1v) is 6.33. The average molecular weight is 232 g/mol. The lowest BCUT2D eigenvalue weighted by atomic mass is 10.1. The second-order valence-corrected chi connectivity index (χ2v) is 4.88. The minimum absolute atomic E-state index is 0.940. The number of hydrogen-bond acceptors (Lipinski definition) is 3. The molecule has 0 spiro atoms. The van der Waals surface area contributed by atoms with E-state index in [0.29, 0.717) is 0 Å². The van der Waals surface area contributed by atoms with Crippen molar-refractivity contribution in [3.63, 3.8) is 0 Å².